The summed E-state index contributed by atoms with van der Waals surface area (Å²) in [6.07, 6.45) is 1.55. The summed E-state index contributed by atoms with van der Waals surface area (Å²) in [6.45, 7) is -0.000601. The molecular weight excluding hydrogens is 579 g/mol. The second-order valence-electron chi connectivity index (χ2n) is 9.40. The molecule has 7 nitrogen and oxygen atoms in total. The van der Waals surface area contributed by atoms with E-state index < -0.39 is 0 Å². The van der Waals surface area contributed by atoms with E-state index in [9.17, 15) is 9.59 Å². The number of carbonyl (C=O) groups excluding carboxylic acids is 2. The molecule has 206 valence electrons. The number of rotatable bonds is 7. The van der Waals surface area contributed by atoms with Crippen molar-refractivity contribution in [2.24, 2.45) is 0 Å². The van der Waals surface area contributed by atoms with Crippen LogP contribution in [0.2, 0.25) is 10.0 Å². The molecule has 0 bridgehead atoms. The van der Waals surface area contributed by atoms with Crippen LogP contribution in [0.5, 0.6) is 0 Å². The van der Waals surface area contributed by atoms with Gasteiger partial charge in [-0.25, -0.2) is 4.68 Å². The molecule has 1 unspecified atom stereocenters. The lowest BCUT2D eigenvalue weighted by Crippen LogP contribution is -2.42. The van der Waals surface area contributed by atoms with Gasteiger partial charge in [0.25, 0.3) is 0 Å². The summed E-state index contributed by atoms with van der Waals surface area (Å²) in [5, 5.41) is 8.67. The van der Waals surface area contributed by atoms with E-state index in [0.717, 1.165) is 16.7 Å². The third kappa shape index (κ3) is 5.63. The number of nitrogens with one attached hydrogen (secondary N) is 1. The molecular formula is C31H24Cl2N4O3S. The highest BCUT2D eigenvalue weighted by Gasteiger charge is 2.38. The first-order valence-electron chi connectivity index (χ1n) is 12.9. The third-order valence-electron chi connectivity index (χ3n) is 6.71. The van der Waals surface area contributed by atoms with Gasteiger partial charge >= 0.3 is 0 Å². The molecule has 1 N–H and O–H groups in total. The number of para-hydroxylation sites is 1. The number of hydrogen-bond donors (Lipinski definition) is 1. The molecule has 0 saturated carbocycles. The van der Waals surface area contributed by atoms with Gasteiger partial charge in [-0.2, -0.15) is 5.10 Å². The third-order valence-corrected chi connectivity index (χ3v) is 8.52. The summed E-state index contributed by atoms with van der Waals surface area (Å²) in [4.78, 5) is 28.6. The van der Waals surface area contributed by atoms with Gasteiger partial charge in [-0.05, 0) is 42.0 Å². The Morgan fingerprint density at radius 2 is 1.80 bits per heavy atom. The van der Waals surface area contributed by atoms with E-state index in [4.69, 9.17) is 32.7 Å². The maximum Gasteiger partial charge on any atom is 0.240 e. The van der Waals surface area contributed by atoms with Crippen LogP contribution >= 0.6 is 35.0 Å². The Kier molecular flexibility index (Phi) is 7.87. The summed E-state index contributed by atoms with van der Waals surface area (Å²) in [5.74, 6) is 0.700. The van der Waals surface area contributed by atoms with Gasteiger partial charge in [-0.3, -0.25) is 14.5 Å². The van der Waals surface area contributed by atoms with Gasteiger partial charge in [0.1, 0.15) is 18.1 Å². The van der Waals surface area contributed by atoms with Crippen molar-refractivity contribution >= 4 is 52.6 Å². The molecule has 41 heavy (non-hydrogen) atoms. The van der Waals surface area contributed by atoms with Gasteiger partial charge < -0.3 is 9.73 Å². The predicted molar refractivity (Wildman–Crippen MR) is 163 cm³/mol. The van der Waals surface area contributed by atoms with Crippen molar-refractivity contribution in [3.63, 3.8) is 0 Å². The van der Waals surface area contributed by atoms with E-state index in [0.29, 0.717) is 33.0 Å². The lowest BCUT2D eigenvalue weighted by atomic mass is 9.99. The first-order chi connectivity index (χ1) is 20.0. The number of furan rings is 1. The van der Waals surface area contributed by atoms with Crippen molar-refractivity contribution in [1.29, 1.82) is 0 Å². The van der Waals surface area contributed by atoms with Crippen LogP contribution in [0.25, 0.3) is 16.9 Å². The predicted octanol–water partition coefficient (Wildman–Crippen LogP) is 6.92. The molecule has 5 aromatic rings. The van der Waals surface area contributed by atoms with Gasteiger partial charge in [0.15, 0.2) is 0 Å². The lowest BCUT2D eigenvalue weighted by Gasteiger charge is -2.23. The Hall–Kier alpha value is -3.98. The van der Waals surface area contributed by atoms with E-state index in [-0.39, 0.29) is 35.9 Å². The maximum absolute atomic E-state index is 13.8. The van der Waals surface area contributed by atoms with E-state index >= 15 is 0 Å². The van der Waals surface area contributed by atoms with Gasteiger partial charge in [-0.15, -0.1) is 11.8 Å². The van der Waals surface area contributed by atoms with Gasteiger partial charge in [0, 0.05) is 16.1 Å². The summed E-state index contributed by atoms with van der Waals surface area (Å²) in [6, 6.07) is 28.2. The second-order valence-corrected chi connectivity index (χ2v) is 11.3. The molecule has 10 heteroatoms. The van der Waals surface area contributed by atoms with Crippen LogP contribution in [0.1, 0.15) is 22.1 Å². The molecule has 1 aliphatic heterocycles. The summed E-state index contributed by atoms with van der Waals surface area (Å²) < 4.78 is 7.03. The van der Waals surface area contributed by atoms with Gasteiger partial charge in [0.2, 0.25) is 11.8 Å². The van der Waals surface area contributed by atoms with Crippen molar-refractivity contribution in [2.45, 2.75) is 11.8 Å². The van der Waals surface area contributed by atoms with Crippen LogP contribution in [0.15, 0.2) is 102 Å². The molecule has 2 amide bonds. The van der Waals surface area contributed by atoms with Crippen LogP contribution in [-0.2, 0) is 16.1 Å². The number of hydrogen-bond acceptors (Lipinski definition) is 5. The highest BCUT2D eigenvalue weighted by Crippen LogP contribution is 2.49. The number of aromatic nitrogens is 2. The van der Waals surface area contributed by atoms with E-state index in [1.54, 1.807) is 29.1 Å². The number of halogens is 2. The van der Waals surface area contributed by atoms with Gasteiger partial charge in [0.05, 0.1) is 40.2 Å². The van der Waals surface area contributed by atoms with Crippen LogP contribution in [-0.4, -0.2) is 33.9 Å². The standard InChI is InChI=1S/C31H24Cl2N4O3S/c32-22-11-6-10-21(16-22)30-28-29(20-8-2-1-3-9-20)35-37(25-14-5-4-13-24(25)33)31(28)36(27(39)19-41-30)18-26(38)34-17-23-12-7-15-40-23/h1-16,30H,17-19H2,(H,34,38). The molecule has 1 aliphatic rings. The van der Waals surface area contributed by atoms with Crippen molar-refractivity contribution in [2.75, 3.05) is 17.2 Å². The Balaban J connectivity index is 1.55. The minimum atomic E-state index is -0.333. The zero-order valence-corrected chi connectivity index (χ0v) is 24.0. The highest BCUT2D eigenvalue weighted by molar-refractivity contribution is 8.00. The van der Waals surface area contributed by atoms with E-state index in [1.807, 2.05) is 72.8 Å². The zero-order valence-electron chi connectivity index (χ0n) is 21.7. The fourth-order valence-electron chi connectivity index (χ4n) is 4.85. The molecule has 0 fully saturated rings. The van der Waals surface area contributed by atoms with E-state index in [2.05, 4.69) is 5.32 Å². The van der Waals surface area contributed by atoms with Crippen LogP contribution in [0, 0.1) is 0 Å². The summed E-state index contributed by atoms with van der Waals surface area (Å²) >= 11 is 14.6. The van der Waals surface area contributed by atoms with Crippen molar-refractivity contribution < 1.29 is 14.0 Å². The number of carbonyl (C=O) groups is 2. The number of thioether (sulfide) groups is 1. The maximum atomic E-state index is 13.8. The number of fused-ring (bicyclic) bond motifs is 1. The average Bonchev–Trinajstić information content (AvgIpc) is 3.61. The highest BCUT2D eigenvalue weighted by atomic mass is 35.5. The topological polar surface area (TPSA) is 80.4 Å². The summed E-state index contributed by atoms with van der Waals surface area (Å²) in [7, 11) is 0. The molecule has 2 aromatic heterocycles. The fraction of sp³-hybridized carbons (Fsp3) is 0.129. The molecule has 6 rings (SSSR count). The Bertz CT molecular complexity index is 1710. The van der Waals surface area contributed by atoms with Crippen molar-refractivity contribution in [3.05, 3.63) is 124 Å². The molecule has 0 aliphatic carbocycles. The molecule has 0 radical (unpaired) electrons. The molecule has 1 atom stereocenters. The van der Waals surface area contributed by atoms with Crippen molar-refractivity contribution in [3.8, 4) is 16.9 Å². The zero-order chi connectivity index (χ0) is 28.3. The fourth-order valence-corrected chi connectivity index (χ4v) is 6.45. The number of nitrogens with zero attached hydrogens (tertiary/aromatic N) is 3. The summed E-state index contributed by atoms with van der Waals surface area (Å²) in [5.41, 5.74) is 3.88. The first kappa shape index (κ1) is 27.2. The number of benzene rings is 3. The lowest BCUT2D eigenvalue weighted by molar-refractivity contribution is -0.123. The smallest absolute Gasteiger partial charge is 0.240 e. The molecule has 3 aromatic carbocycles. The number of amides is 2. The second kappa shape index (κ2) is 11.9. The van der Waals surface area contributed by atoms with Crippen molar-refractivity contribution in [1.82, 2.24) is 15.1 Å². The number of anilines is 1. The average molecular weight is 604 g/mol. The largest absolute Gasteiger partial charge is 0.467 e. The van der Waals surface area contributed by atoms with E-state index in [1.165, 1.54) is 16.7 Å². The Morgan fingerprint density at radius 3 is 2.56 bits per heavy atom. The molecule has 3 heterocycles. The quantitative estimate of drug-likeness (QED) is 0.218. The van der Waals surface area contributed by atoms with Crippen LogP contribution < -0.4 is 10.2 Å². The molecule has 0 saturated heterocycles. The first-order valence-corrected chi connectivity index (χ1v) is 14.7. The monoisotopic (exact) mass is 602 g/mol. The Labute approximate surface area is 251 Å². The SMILES string of the molecule is O=C(CN1C(=O)CSC(c2cccc(Cl)c2)c2c(-c3ccccc3)nn(-c3ccccc3Cl)c21)NCc1ccco1. The normalized spacial score (nSPS) is 14.9. The molecule has 0 spiro atoms. The van der Waals surface area contributed by atoms with Gasteiger partial charge in [-0.1, -0.05) is 77.8 Å². The van der Waals surface area contributed by atoms with Crippen LogP contribution in [0.3, 0.4) is 0 Å². The minimum absolute atomic E-state index is 0.147. The van der Waals surface area contributed by atoms with Crippen LogP contribution in [0.4, 0.5) is 5.82 Å². The minimum Gasteiger partial charge on any atom is -0.467 e. The Morgan fingerprint density at radius 1 is 1.00 bits per heavy atom.